The van der Waals surface area contributed by atoms with Crippen LogP contribution in [0.3, 0.4) is 0 Å². The van der Waals surface area contributed by atoms with Gasteiger partial charge in [0.15, 0.2) is 0 Å². The van der Waals surface area contributed by atoms with Gasteiger partial charge in [-0.25, -0.2) is 0 Å². The summed E-state index contributed by atoms with van der Waals surface area (Å²) in [6.07, 6.45) is 0. The second-order valence-corrected chi connectivity index (χ2v) is 4.43. The maximum atomic E-state index is 5.91. The van der Waals surface area contributed by atoms with Crippen LogP contribution in [0, 0.1) is 13.8 Å². The van der Waals surface area contributed by atoms with Crippen molar-refractivity contribution in [3.8, 4) is 0 Å². The normalized spacial score (nSPS) is 13.2. The molecule has 2 aromatic rings. The summed E-state index contributed by atoms with van der Waals surface area (Å²) in [5.74, 6) is 1.02. The highest BCUT2D eigenvalue weighted by Crippen LogP contribution is 2.27. The van der Waals surface area contributed by atoms with E-state index in [0.717, 1.165) is 17.9 Å². The summed E-state index contributed by atoms with van der Waals surface area (Å²) < 4.78 is 5.91. The van der Waals surface area contributed by atoms with Gasteiger partial charge in [-0.3, -0.25) is 0 Å². The van der Waals surface area contributed by atoms with Crippen LogP contribution in [0.2, 0.25) is 0 Å². The Hall–Kier alpha value is -1.28. The van der Waals surface area contributed by atoms with E-state index in [2.05, 4.69) is 51.2 Å². The van der Waals surface area contributed by atoms with E-state index >= 15 is 0 Å². The summed E-state index contributed by atoms with van der Waals surface area (Å²) >= 11 is 0. The van der Waals surface area contributed by atoms with Gasteiger partial charge in [0.05, 0.1) is 6.04 Å². The van der Waals surface area contributed by atoms with Gasteiger partial charge in [0.25, 0.3) is 0 Å². The summed E-state index contributed by atoms with van der Waals surface area (Å²) in [6.45, 7) is 9.40. The van der Waals surface area contributed by atoms with Crippen LogP contribution in [0.4, 0.5) is 0 Å². The SMILES string of the molecule is CCNC(C)c1cc2cc(C)cc(C)c2o1. The van der Waals surface area contributed by atoms with Crippen molar-refractivity contribution in [3.63, 3.8) is 0 Å². The molecule has 0 aliphatic carbocycles. The first-order valence-corrected chi connectivity index (χ1v) is 5.86. The Balaban J connectivity index is 2.47. The zero-order chi connectivity index (χ0) is 11.7. The molecule has 1 unspecified atom stereocenters. The average molecular weight is 217 g/mol. The Morgan fingerprint density at radius 3 is 2.69 bits per heavy atom. The molecular weight excluding hydrogens is 198 g/mol. The molecule has 0 aliphatic rings. The highest BCUT2D eigenvalue weighted by Gasteiger charge is 2.11. The van der Waals surface area contributed by atoms with E-state index < -0.39 is 0 Å². The molecule has 0 fully saturated rings. The van der Waals surface area contributed by atoms with Crippen molar-refractivity contribution in [2.45, 2.75) is 33.7 Å². The fourth-order valence-corrected chi connectivity index (χ4v) is 2.15. The fourth-order valence-electron chi connectivity index (χ4n) is 2.15. The van der Waals surface area contributed by atoms with Crippen LogP contribution in [-0.2, 0) is 0 Å². The first-order valence-electron chi connectivity index (χ1n) is 5.86. The number of hydrogen-bond donors (Lipinski definition) is 1. The predicted octanol–water partition coefficient (Wildman–Crippen LogP) is 3.72. The minimum atomic E-state index is 0.275. The quantitative estimate of drug-likeness (QED) is 0.847. The third-order valence-electron chi connectivity index (χ3n) is 2.90. The monoisotopic (exact) mass is 217 g/mol. The third kappa shape index (κ3) is 1.98. The van der Waals surface area contributed by atoms with Crippen molar-refractivity contribution >= 4 is 11.0 Å². The minimum absolute atomic E-state index is 0.275. The maximum Gasteiger partial charge on any atom is 0.137 e. The molecule has 1 atom stereocenters. The van der Waals surface area contributed by atoms with Crippen LogP contribution >= 0.6 is 0 Å². The molecule has 1 heterocycles. The topological polar surface area (TPSA) is 25.2 Å². The van der Waals surface area contributed by atoms with Crippen molar-refractivity contribution in [1.29, 1.82) is 0 Å². The zero-order valence-electron chi connectivity index (χ0n) is 10.4. The summed E-state index contributed by atoms with van der Waals surface area (Å²) in [6, 6.07) is 6.75. The largest absolute Gasteiger partial charge is 0.459 e. The van der Waals surface area contributed by atoms with Gasteiger partial charge in [-0.1, -0.05) is 18.6 Å². The van der Waals surface area contributed by atoms with Crippen molar-refractivity contribution in [1.82, 2.24) is 5.32 Å². The molecule has 2 rings (SSSR count). The number of rotatable bonds is 3. The molecule has 1 N–H and O–H groups in total. The van der Waals surface area contributed by atoms with Crippen molar-refractivity contribution in [2.75, 3.05) is 6.54 Å². The first kappa shape index (κ1) is 11.2. The summed E-state index contributed by atoms with van der Waals surface area (Å²) in [5.41, 5.74) is 3.52. The van der Waals surface area contributed by atoms with Gasteiger partial charge < -0.3 is 9.73 Å². The Morgan fingerprint density at radius 2 is 2.00 bits per heavy atom. The van der Waals surface area contributed by atoms with E-state index in [4.69, 9.17) is 4.42 Å². The van der Waals surface area contributed by atoms with Crippen LogP contribution in [0.1, 0.15) is 36.8 Å². The number of aryl methyl sites for hydroxylation is 2. The van der Waals surface area contributed by atoms with Crippen LogP contribution in [-0.4, -0.2) is 6.54 Å². The highest BCUT2D eigenvalue weighted by atomic mass is 16.3. The van der Waals surface area contributed by atoms with Gasteiger partial charge >= 0.3 is 0 Å². The molecular formula is C14H19NO. The Bertz CT molecular complexity index is 499. The van der Waals surface area contributed by atoms with Crippen molar-refractivity contribution < 1.29 is 4.42 Å². The smallest absolute Gasteiger partial charge is 0.137 e. The lowest BCUT2D eigenvalue weighted by atomic mass is 10.1. The second-order valence-electron chi connectivity index (χ2n) is 4.43. The standard InChI is InChI=1S/C14H19NO/c1-5-15-11(4)13-8-12-7-9(2)6-10(3)14(12)16-13/h6-8,11,15H,5H2,1-4H3. The van der Waals surface area contributed by atoms with E-state index in [1.807, 2.05) is 0 Å². The van der Waals surface area contributed by atoms with Crippen LogP contribution in [0.25, 0.3) is 11.0 Å². The number of furan rings is 1. The molecule has 1 aromatic heterocycles. The number of hydrogen-bond acceptors (Lipinski definition) is 2. The van der Waals surface area contributed by atoms with Gasteiger partial charge in [-0.05, 0) is 45.0 Å². The predicted molar refractivity (Wildman–Crippen MR) is 67.8 cm³/mol. The van der Waals surface area contributed by atoms with Gasteiger partial charge in [-0.15, -0.1) is 0 Å². The van der Waals surface area contributed by atoms with Gasteiger partial charge in [0.1, 0.15) is 11.3 Å². The number of benzene rings is 1. The maximum absolute atomic E-state index is 5.91. The lowest BCUT2D eigenvalue weighted by Crippen LogP contribution is -2.16. The molecule has 0 amide bonds. The molecule has 1 aromatic carbocycles. The van der Waals surface area contributed by atoms with Gasteiger partial charge in [0, 0.05) is 5.39 Å². The van der Waals surface area contributed by atoms with E-state index in [1.165, 1.54) is 16.5 Å². The molecule has 0 saturated heterocycles. The molecule has 16 heavy (non-hydrogen) atoms. The van der Waals surface area contributed by atoms with E-state index in [-0.39, 0.29) is 6.04 Å². The van der Waals surface area contributed by atoms with E-state index in [1.54, 1.807) is 0 Å². The molecule has 0 radical (unpaired) electrons. The van der Waals surface area contributed by atoms with Gasteiger partial charge in [0.2, 0.25) is 0 Å². The zero-order valence-corrected chi connectivity index (χ0v) is 10.4. The minimum Gasteiger partial charge on any atom is -0.459 e. The fraction of sp³-hybridized carbons (Fsp3) is 0.429. The lowest BCUT2D eigenvalue weighted by molar-refractivity contribution is 0.458. The average Bonchev–Trinajstić information content (AvgIpc) is 2.62. The first-order chi connectivity index (χ1) is 7.61. The summed E-state index contributed by atoms with van der Waals surface area (Å²) in [4.78, 5) is 0. The Kier molecular flexibility index (Phi) is 3.01. The van der Waals surface area contributed by atoms with Crippen LogP contribution in [0.5, 0.6) is 0 Å². The van der Waals surface area contributed by atoms with Crippen LogP contribution < -0.4 is 5.32 Å². The number of nitrogens with one attached hydrogen (secondary N) is 1. The second kappa shape index (κ2) is 4.30. The summed E-state index contributed by atoms with van der Waals surface area (Å²) in [5, 5.41) is 4.57. The Morgan fingerprint density at radius 1 is 1.25 bits per heavy atom. The molecule has 86 valence electrons. The van der Waals surface area contributed by atoms with Gasteiger partial charge in [-0.2, -0.15) is 0 Å². The van der Waals surface area contributed by atoms with Crippen molar-refractivity contribution in [3.05, 3.63) is 35.1 Å². The third-order valence-corrected chi connectivity index (χ3v) is 2.90. The molecule has 0 bridgehead atoms. The summed E-state index contributed by atoms with van der Waals surface area (Å²) in [7, 11) is 0. The molecule has 0 aliphatic heterocycles. The molecule has 2 heteroatoms. The van der Waals surface area contributed by atoms with E-state index in [9.17, 15) is 0 Å². The molecule has 0 spiro atoms. The Labute approximate surface area is 96.6 Å². The van der Waals surface area contributed by atoms with Crippen molar-refractivity contribution in [2.24, 2.45) is 0 Å². The molecule has 0 saturated carbocycles. The van der Waals surface area contributed by atoms with Crippen LogP contribution in [0.15, 0.2) is 22.6 Å². The highest BCUT2D eigenvalue weighted by molar-refractivity contribution is 5.81. The van der Waals surface area contributed by atoms with E-state index in [0.29, 0.717) is 0 Å². The number of fused-ring (bicyclic) bond motifs is 1. The lowest BCUT2D eigenvalue weighted by Gasteiger charge is -2.07. The molecule has 2 nitrogen and oxygen atoms in total.